The molecule has 4 nitrogen and oxygen atoms in total. The van der Waals surface area contributed by atoms with Crippen molar-refractivity contribution in [3.63, 3.8) is 0 Å². The van der Waals surface area contributed by atoms with Crippen LogP contribution in [0.3, 0.4) is 0 Å². The van der Waals surface area contributed by atoms with Gasteiger partial charge >= 0.3 is 0 Å². The molecule has 2 heterocycles. The van der Waals surface area contributed by atoms with E-state index in [2.05, 4.69) is 28.2 Å². The molecule has 0 saturated carbocycles. The van der Waals surface area contributed by atoms with Crippen LogP contribution < -0.4 is 10.2 Å². The number of aliphatic hydroxyl groups excluding tert-OH is 1. The Morgan fingerprint density at radius 3 is 2.56 bits per heavy atom. The Balaban J connectivity index is 1.44. The van der Waals surface area contributed by atoms with E-state index in [-0.39, 0.29) is 11.9 Å². The molecule has 1 saturated heterocycles. The van der Waals surface area contributed by atoms with Crippen LogP contribution in [0.15, 0.2) is 48.7 Å². The Bertz CT molecular complexity index is 642. The number of nitrogens with zero attached hydrogens (tertiary/aromatic N) is 2. The standard InChI is InChI=1S/C20H26FN3O/c1-15(14-19(25)16-5-7-17(21)8-6-16)23-18-9-12-24(13-10-18)20-4-2-3-11-22-20/h2-8,11,15,18-19,23,25H,9-10,12-14H2,1H3/t15-,19+/m0/s1. The van der Waals surface area contributed by atoms with Crippen LogP contribution in [-0.2, 0) is 0 Å². The lowest BCUT2D eigenvalue weighted by Gasteiger charge is -2.35. The van der Waals surface area contributed by atoms with Crippen molar-refractivity contribution < 1.29 is 9.50 Å². The van der Waals surface area contributed by atoms with E-state index in [1.54, 1.807) is 12.1 Å². The van der Waals surface area contributed by atoms with Crippen LogP contribution in [0, 0.1) is 5.82 Å². The second-order valence-electron chi connectivity index (χ2n) is 6.82. The summed E-state index contributed by atoms with van der Waals surface area (Å²) in [6, 6.07) is 12.7. The number of hydrogen-bond donors (Lipinski definition) is 2. The number of halogens is 1. The zero-order valence-electron chi connectivity index (χ0n) is 14.6. The van der Waals surface area contributed by atoms with E-state index in [4.69, 9.17) is 0 Å². The number of pyridine rings is 1. The van der Waals surface area contributed by atoms with Crippen molar-refractivity contribution >= 4 is 5.82 Å². The van der Waals surface area contributed by atoms with Gasteiger partial charge in [-0.2, -0.15) is 0 Å². The van der Waals surface area contributed by atoms with Gasteiger partial charge in [-0.25, -0.2) is 9.37 Å². The second kappa shape index (κ2) is 8.41. The van der Waals surface area contributed by atoms with Gasteiger partial charge in [0.1, 0.15) is 11.6 Å². The lowest BCUT2D eigenvalue weighted by molar-refractivity contribution is 0.150. The molecule has 1 fully saturated rings. The maximum Gasteiger partial charge on any atom is 0.128 e. The minimum Gasteiger partial charge on any atom is -0.388 e. The van der Waals surface area contributed by atoms with Gasteiger partial charge in [-0.05, 0) is 56.0 Å². The maximum absolute atomic E-state index is 13.0. The van der Waals surface area contributed by atoms with Gasteiger partial charge < -0.3 is 15.3 Å². The Hall–Kier alpha value is -1.98. The first kappa shape index (κ1) is 17.8. The average molecular weight is 343 g/mol. The Labute approximate surface area is 148 Å². The van der Waals surface area contributed by atoms with E-state index in [1.807, 2.05) is 18.3 Å². The number of piperidine rings is 1. The van der Waals surface area contributed by atoms with E-state index < -0.39 is 6.10 Å². The highest BCUT2D eigenvalue weighted by molar-refractivity contribution is 5.38. The van der Waals surface area contributed by atoms with Crippen molar-refractivity contribution in [3.05, 3.63) is 60.0 Å². The highest BCUT2D eigenvalue weighted by Crippen LogP contribution is 2.21. The lowest BCUT2D eigenvalue weighted by Crippen LogP contribution is -2.46. The monoisotopic (exact) mass is 343 g/mol. The second-order valence-corrected chi connectivity index (χ2v) is 6.82. The number of rotatable bonds is 6. The zero-order chi connectivity index (χ0) is 17.6. The zero-order valence-corrected chi connectivity index (χ0v) is 14.6. The summed E-state index contributed by atoms with van der Waals surface area (Å²) in [5.74, 6) is 0.766. The molecule has 0 unspecified atom stereocenters. The largest absolute Gasteiger partial charge is 0.388 e. The van der Waals surface area contributed by atoms with Crippen LogP contribution in [0.5, 0.6) is 0 Å². The molecular weight excluding hydrogens is 317 g/mol. The fourth-order valence-corrected chi connectivity index (χ4v) is 3.44. The van der Waals surface area contributed by atoms with Gasteiger partial charge in [0.15, 0.2) is 0 Å². The summed E-state index contributed by atoms with van der Waals surface area (Å²) in [6.07, 6.45) is 4.00. The summed E-state index contributed by atoms with van der Waals surface area (Å²) in [4.78, 5) is 6.73. The van der Waals surface area contributed by atoms with Gasteiger partial charge in [0.05, 0.1) is 6.10 Å². The van der Waals surface area contributed by atoms with Crippen LogP contribution in [0.4, 0.5) is 10.2 Å². The molecule has 1 aliphatic heterocycles. The van der Waals surface area contributed by atoms with Gasteiger partial charge in [0.25, 0.3) is 0 Å². The Kier molecular flexibility index (Phi) is 6.00. The van der Waals surface area contributed by atoms with E-state index >= 15 is 0 Å². The summed E-state index contributed by atoms with van der Waals surface area (Å²) < 4.78 is 13.0. The number of benzene rings is 1. The third kappa shape index (κ3) is 5.00. The van der Waals surface area contributed by atoms with Crippen molar-refractivity contribution in [2.45, 2.75) is 44.4 Å². The molecule has 3 rings (SSSR count). The smallest absolute Gasteiger partial charge is 0.128 e. The van der Waals surface area contributed by atoms with Crippen molar-refractivity contribution in [2.75, 3.05) is 18.0 Å². The first-order valence-electron chi connectivity index (χ1n) is 8.97. The van der Waals surface area contributed by atoms with E-state index in [9.17, 15) is 9.50 Å². The highest BCUT2D eigenvalue weighted by Gasteiger charge is 2.22. The maximum atomic E-state index is 13.0. The van der Waals surface area contributed by atoms with E-state index in [1.165, 1.54) is 12.1 Å². The Morgan fingerprint density at radius 2 is 1.92 bits per heavy atom. The third-order valence-corrected chi connectivity index (χ3v) is 4.82. The van der Waals surface area contributed by atoms with Gasteiger partial charge in [-0.1, -0.05) is 18.2 Å². The summed E-state index contributed by atoms with van der Waals surface area (Å²) in [7, 11) is 0. The van der Waals surface area contributed by atoms with Crippen molar-refractivity contribution in [1.82, 2.24) is 10.3 Å². The normalized spacial score (nSPS) is 18.1. The number of hydrogen-bond acceptors (Lipinski definition) is 4. The molecule has 2 atom stereocenters. The number of anilines is 1. The Morgan fingerprint density at radius 1 is 1.20 bits per heavy atom. The van der Waals surface area contributed by atoms with Crippen LogP contribution in [0.2, 0.25) is 0 Å². The van der Waals surface area contributed by atoms with E-state index in [0.717, 1.165) is 37.3 Å². The SMILES string of the molecule is C[C@@H](C[C@@H](O)c1ccc(F)cc1)NC1CCN(c2ccccn2)CC1. The minimum absolute atomic E-state index is 0.200. The van der Waals surface area contributed by atoms with Crippen LogP contribution >= 0.6 is 0 Å². The van der Waals surface area contributed by atoms with Crippen molar-refractivity contribution in [1.29, 1.82) is 0 Å². The first-order chi connectivity index (χ1) is 12.1. The summed E-state index contributed by atoms with van der Waals surface area (Å²) in [6.45, 7) is 4.07. The molecule has 0 aliphatic carbocycles. The molecule has 0 bridgehead atoms. The van der Waals surface area contributed by atoms with Gasteiger partial charge in [-0.15, -0.1) is 0 Å². The highest BCUT2D eigenvalue weighted by atomic mass is 19.1. The molecule has 1 aromatic heterocycles. The quantitative estimate of drug-likeness (QED) is 0.845. The lowest BCUT2D eigenvalue weighted by atomic mass is 9.99. The summed E-state index contributed by atoms with van der Waals surface area (Å²) in [5.41, 5.74) is 0.764. The molecule has 2 N–H and O–H groups in total. The first-order valence-corrected chi connectivity index (χ1v) is 8.97. The molecule has 134 valence electrons. The molecule has 2 aromatic rings. The molecule has 1 aromatic carbocycles. The molecule has 1 aliphatic rings. The van der Waals surface area contributed by atoms with Crippen LogP contribution in [-0.4, -0.2) is 35.3 Å². The predicted octanol–water partition coefficient (Wildman–Crippen LogP) is 3.29. The molecule has 25 heavy (non-hydrogen) atoms. The number of nitrogens with one attached hydrogen (secondary N) is 1. The third-order valence-electron chi connectivity index (χ3n) is 4.82. The van der Waals surface area contributed by atoms with Gasteiger partial charge in [0.2, 0.25) is 0 Å². The molecule has 0 radical (unpaired) electrons. The van der Waals surface area contributed by atoms with Crippen LogP contribution in [0.25, 0.3) is 0 Å². The predicted molar refractivity (Wildman–Crippen MR) is 98.0 cm³/mol. The van der Waals surface area contributed by atoms with E-state index in [0.29, 0.717) is 12.5 Å². The van der Waals surface area contributed by atoms with Crippen molar-refractivity contribution in [3.8, 4) is 0 Å². The van der Waals surface area contributed by atoms with Crippen molar-refractivity contribution in [2.24, 2.45) is 0 Å². The van der Waals surface area contributed by atoms with Gasteiger partial charge in [-0.3, -0.25) is 0 Å². The fourth-order valence-electron chi connectivity index (χ4n) is 3.44. The van der Waals surface area contributed by atoms with Gasteiger partial charge in [0, 0.05) is 31.4 Å². The number of aromatic nitrogens is 1. The molecule has 5 heteroatoms. The number of aliphatic hydroxyl groups is 1. The summed E-state index contributed by atoms with van der Waals surface area (Å²) >= 11 is 0. The molecule has 0 spiro atoms. The molecule has 0 amide bonds. The average Bonchev–Trinajstić information content (AvgIpc) is 2.63. The summed E-state index contributed by atoms with van der Waals surface area (Å²) in [5, 5.41) is 13.9. The van der Waals surface area contributed by atoms with Crippen LogP contribution in [0.1, 0.15) is 37.9 Å². The minimum atomic E-state index is -0.572. The topological polar surface area (TPSA) is 48.4 Å². The molecular formula is C20H26FN3O. The fraction of sp³-hybridized carbons (Fsp3) is 0.450.